The van der Waals surface area contributed by atoms with E-state index in [1.807, 2.05) is 0 Å². The van der Waals surface area contributed by atoms with E-state index in [-0.39, 0.29) is 18.2 Å². The molecular weight excluding hydrogens is 198 g/mol. The summed E-state index contributed by atoms with van der Waals surface area (Å²) in [6, 6.07) is 5.71. The second-order valence-electron chi connectivity index (χ2n) is 2.81. The highest BCUT2D eigenvalue weighted by atomic mass is 16.5. The van der Waals surface area contributed by atoms with Crippen LogP contribution in [0.4, 0.5) is 0 Å². The summed E-state index contributed by atoms with van der Waals surface area (Å²) < 4.78 is 4.36. The molecule has 0 aliphatic heterocycles. The van der Waals surface area contributed by atoms with E-state index in [0.717, 1.165) is 0 Å². The lowest BCUT2D eigenvalue weighted by Crippen LogP contribution is -2.29. The molecule has 0 spiro atoms. The van der Waals surface area contributed by atoms with Crippen molar-refractivity contribution in [2.24, 2.45) is 0 Å². The third kappa shape index (κ3) is 3.30. The molecule has 0 fully saturated rings. The van der Waals surface area contributed by atoms with Gasteiger partial charge < -0.3 is 15.2 Å². The second-order valence-corrected chi connectivity index (χ2v) is 2.81. The number of hydrogen-bond donors (Lipinski definition) is 2. The van der Waals surface area contributed by atoms with Crippen LogP contribution in [-0.4, -0.2) is 30.6 Å². The van der Waals surface area contributed by atoms with Gasteiger partial charge in [-0.15, -0.1) is 0 Å². The van der Waals surface area contributed by atoms with E-state index >= 15 is 0 Å². The largest absolute Gasteiger partial charge is 0.508 e. The number of phenolic OH excluding ortho intramolecular Hbond substituents is 1. The number of ether oxygens (including phenoxy) is 1. The smallest absolute Gasteiger partial charge is 0.325 e. The van der Waals surface area contributed by atoms with Crippen molar-refractivity contribution in [3.63, 3.8) is 0 Å². The fourth-order valence-electron chi connectivity index (χ4n) is 0.939. The van der Waals surface area contributed by atoms with E-state index in [9.17, 15) is 9.59 Å². The van der Waals surface area contributed by atoms with Crippen molar-refractivity contribution in [3.8, 4) is 5.75 Å². The number of phenols is 1. The Morgan fingerprint density at radius 2 is 1.93 bits per heavy atom. The van der Waals surface area contributed by atoms with Crippen LogP contribution in [0.5, 0.6) is 5.75 Å². The van der Waals surface area contributed by atoms with Gasteiger partial charge in [-0.3, -0.25) is 9.59 Å². The molecule has 0 aromatic heterocycles. The molecule has 0 atom stereocenters. The maximum absolute atomic E-state index is 11.4. The number of esters is 1. The molecule has 0 heterocycles. The first-order chi connectivity index (χ1) is 7.13. The van der Waals surface area contributed by atoms with Crippen LogP contribution in [0, 0.1) is 0 Å². The maximum Gasteiger partial charge on any atom is 0.325 e. The van der Waals surface area contributed by atoms with Crippen molar-refractivity contribution >= 4 is 11.9 Å². The highest BCUT2D eigenvalue weighted by molar-refractivity contribution is 5.95. The Bertz CT molecular complexity index is 358. The summed E-state index contributed by atoms with van der Waals surface area (Å²) in [5, 5.41) is 11.4. The van der Waals surface area contributed by atoms with Crippen LogP contribution in [0.25, 0.3) is 0 Å². The van der Waals surface area contributed by atoms with Gasteiger partial charge in [-0.05, 0) is 24.3 Å². The number of rotatable bonds is 3. The van der Waals surface area contributed by atoms with E-state index in [2.05, 4.69) is 10.1 Å². The predicted octanol–water partition coefficient (Wildman–Crippen LogP) is 0.295. The molecule has 1 rings (SSSR count). The molecule has 0 unspecified atom stereocenters. The predicted molar refractivity (Wildman–Crippen MR) is 52.5 cm³/mol. The SMILES string of the molecule is COC(=O)CNC(=O)c1ccc(O)cc1. The first-order valence-electron chi connectivity index (χ1n) is 4.27. The first kappa shape index (κ1) is 11.0. The number of carbonyl (C=O) groups excluding carboxylic acids is 2. The summed E-state index contributed by atoms with van der Waals surface area (Å²) in [5.41, 5.74) is 0.372. The minimum atomic E-state index is -0.512. The Morgan fingerprint density at radius 3 is 2.47 bits per heavy atom. The van der Waals surface area contributed by atoms with Crippen LogP contribution >= 0.6 is 0 Å². The van der Waals surface area contributed by atoms with E-state index in [1.54, 1.807) is 0 Å². The quantitative estimate of drug-likeness (QED) is 0.702. The minimum absolute atomic E-state index is 0.0829. The molecule has 80 valence electrons. The number of methoxy groups -OCH3 is 1. The second kappa shape index (κ2) is 4.99. The third-order valence-electron chi connectivity index (χ3n) is 1.75. The lowest BCUT2D eigenvalue weighted by molar-refractivity contribution is -0.139. The van der Waals surface area contributed by atoms with E-state index in [0.29, 0.717) is 5.56 Å². The van der Waals surface area contributed by atoms with Crippen molar-refractivity contribution in [3.05, 3.63) is 29.8 Å². The highest BCUT2D eigenvalue weighted by Crippen LogP contribution is 2.09. The van der Waals surface area contributed by atoms with Gasteiger partial charge in [-0.1, -0.05) is 0 Å². The van der Waals surface area contributed by atoms with Gasteiger partial charge >= 0.3 is 5.97 Å². The van der Waals surface area contributed by atoms with Crippen LogP contribution in [0.15, 0.2) is 24.3 Å². The fraction of sp³-hybridized carbons (Fsp3) is 0.200. The molecule has 0 aliphatic carbocycles. The summed E-state index contributed by atoms with van der Waals surface area (Å²) >= 11 is 0. The third-order valence-corrected chi connectivity index (χ3v) is 1.75. The summed E-state index contributed by atoms with van der Waals surface area (Å²) in [7, 11) is 1.25. The molecule has 0 aliphatic rings. The molecule has 0 saturated carbocycles. The Hall–Kier alpha value is -2.04. The topological polar surface area (TPSA) is 75.6 Å². The summed E-state index contributed by atoms with van der Waals surface area (Å²) in [5.74, 6) is -0.818. The van der Waals surface area contributed by atoms with Crippen molar-refractivity contribution in [2.45, 2.75) is 0 Å². The molecule has 0 radical (unpaired) electrons. The number of aromatic hydroxyl groups is 1. The van der Waals surface area contributed by atoms with Crippen molar-refractivity contribution in [1.29, 1.82) is 0 Å². The average Bonchev–Trinajstić information content (AvgIpc) is 2.26. The molecule has 15 heavy (non-hydrogen) atoms. The number of carbonyl (C=O) groups is 2. The molecule has 1 aromatic carbocycles. The van der Waals surface area contributed by atoms with Gasteiger partial charge in [-0.2, -0.15) is 0 Å². The monoisotopic (exact) mass is 209 g/mol. The van der Waals surface area contributed by atoms with Gasteiger partial charge in [0.1, 0.15) is 12.3 Å². The van der Waals surface area contributed by atoms with Gasteiger partial charge in [0.2, 0.25) is 0 Å². The fourth-order valence-corrected chi connectivity index (χ4v) is 0.939. The van der Waals surface area contributed by atoms with Crippen LogP contribution < -0.4 is 5.32 Å². The summed E-state index contributed by atoms with van der Waals surface area (Å²) in [6.07, 6.45) is 0. The number of nitrogens with one attached hydrogen (secondary N) is 1. The van der Waals surface area contributed by atoms with E-state index in [1.165, 1.54) is 31.4 Å². The van der Waals surface area contributed by atoms with Gasteiger partial charge in [0.05, 0.1) is 7.11 Å². The van der Waals surface area contributed by atoms with E-state index in [4.69, 9.17) is 5.11 Å². The molecule has 5 heteroatoms. The Kier molecular flexibility index (Phi) is 3.68. The van der Waals surface area contributed by atoms with Crippen LogP contribution in [0.2, 0.25) is 0 Å². The highest BCUT2D eigenvalue weighted by Gasteiger charge is 2.07. The molecule has 1 amide bonds. The number of hydrogen-bond acceptors (Lipinski definition) is 4. The van der Waals surface area contributed by atoms with Crippen LogP contribution in [0.3, 0.4) is 0 Å². The zero-order chi connectivity index (χ0) is 11.3. The van der Waals surface area contributed by atoms with Crippen LogP contribution in [0.1, 0.15) is 10.4 Å². The molecule has 0 bridgehead atoms. The molecular formula is C10H11NO4. The lowest BCUT2D eigenvalue weighted by Gasteiger charge is -2.03. The lowest BCUT2D eigenvalue weighted by atomic mass is 10.2. The van der Waals surface area contributed by atoms with Gasteiger partial charge in [0.15, 0.2) is 0 Å². The zero-order valence-corrected chi connectivity index (χ0v) is 8.19. The molecule has 5 nitrogen and oxygen atoms in total. The van der Waals surface area contributed by atoms with Gasteiger partial charge in [-0.25, -0.2) is 0 Å². The van der Waals surface area contributed by atoms with E-state index < -0.39 is 5.97 Å². The normalized spacial score (nSPS) is 9.40. The molecule has 0 saturated heterocycles. The zero-order valence-electron chi connectivity index (χ0n) is 8.19. The standard InChI is InChI=1S/C10H11NO4/c1-15-9(13)6-11-10(14)7-2-4-8(12)5-3-7/h2-5,12H,6H2,1H3,(H,11,14). The van der Waals surface area contributed by atoms with Crippen LogP contribution in [-0.2, 0) is 9.53 Å². The number of benzene rings is 1. The Balaban J connectivity index is 2.54. The van der Waals surface area contributed by atoms with Crippen molar-refractivity contribution < 1.29 is 19.4 Å². The maximum atomic E-state index is 11.4. The van der Waals surface area contributed by atoms with Crippen molar-refractivity contribution in [2.75, 3.05) is 13.7 Å². The Morgan fingerprint density at radius 1 is 1.33 bits per heavy atom. The summed E-state index contributed by atoms with van der Waals surface area (Å²) in [6.45, 7) is -0.170. The average molecular weight is 209 g/mol. The minimum Gasteiger partial charge on any atom is -0.508 e. The van der Waals surface area contributed by atoms with Crippen molar-refractivity contribution in [1.82, 2.24) is 5.32 Å². The first-order valence-corrected chi connectivity index (χ1v) is 4.27. The molecule has 1 aromatic rings. The van der Waals surface area contributed by atoms with Gasteiger partial charge in [0.25, 0.3) is 5.91 Å². The number of amides is 1. The Labute approximate surface area is 86.7 Å². The summed E-state index contributed by atoms with van der Waals surface area (Å²) in [4.78, 5) is 22.1. The molecule has 2 N–H and O–H groups in total. The van der Waals surface area contributed by atoms with Gasteiger partial charge in [0, 0.05) is 5.56 Å².